The lowest BCUT2D eigenvalue weighted by Crippen LogP contribution is -2.40. The Kier molecular flexibility index (Phi) is 6.67. The lowest BCUT2D eigenvalue weighted by atomic mass is 9.94. The van der Waals surface area contributed by atoms with Gasteiger partial charge in [0.25, 0.3) is 0 Å². The summed E-state index contributed by atoms with van der Waals surface area (Å²) in [6.07, 6.45) is 2.95. The summed E-state index contributed by atoms with van der Waals surface area (Å²) in [4.78, 5) is 11.1. The van der Waals surface area contributed by atoms with Crippen LogP contribution in [0.25, 0.3) is 0 Å². The maximum atomic E-state index is 5.83. The van der Waals surface area contributed by atoms with Crippen LogP contribution in [0.4, 0.5) is 5.69 Å². The number of guanidine groups is 1. The van der Waals surface area contributed by atoms with Gasteiger partial charge in [-0.25, -0.2) is 4.98 Å². The quantitative estimate of drug-likeness (QED) is 0.574. The predicted octanol–water partition coefficient (Wildman–Crippen LogP) is 3.17. The number of aromatic nitrogens is 1. The van der Waals surface area contributed by atoms with Gasteiger partial charge in [0.2, 0.25) is 5.89 Å². The van der Waals surface area contributed by atoms with E-state index in [1.807, 2.05) is 12.1 Å². The summed E-state index contributed by atoms with van der Waals surface area (Å²) in [6.45, 7) is 9.80. The van der Waals surface area contributed by atoms with Crippen LogP contribution in [0.2, 0.25) is 0 Å². The summed E-state index contributed by atoms with van der Waals surface area (Å²) >= 11 is 0. The molecule has 0 aliphatic carbocycles. The Hall–Kier alpha value is -2.70. The predicted molar refractivity (Wildman–Crippen MR) is 117 cm³/mol. The number of hydrogen-bond donors (Lipinski definition) is 2. The van der Waals surface area contributed by atoms with Crippen molar-refractivity contribution in [3.63, 3.8) is 0 Å². The number of ether oxygens (including phenoxy) is 1. The summed E-state index contributed by atoms with van der Waals surface area (Å²) in [7, 11) is 3.49. The fraction of sp³-hybridized carbons (Fsp3) is 0.545. The number of hydrogen-bond acceptors (Lipinski definition) is 5. The molecule has 7 nitrogen and oxygen atoms in total. The Labute approximate surface area is 173 Å². The van der Waals surface area contributed by atoms with Gasteiger partial charge in [0.1, 0.15) is 11.5 Å². The van der Waals surface area contributed by atoms with Gasteiger partial charge in [-0.15, -0.1) is 0 Å². The highest BCUT2D eigenvalue weighted by atomic mass is 16.5. The molecule has 1 aliphatic heterocycles. The summed E-state index contributed by atoms with van der Waals surface area (Å²) in [5.41, 5.74) is 1.18. The van der Waals surface area contributed by atoms with E-state index in [-0.39, 0.29) is 5.41 Å². The topological polar surface area (TPSA) is 74.9 Å². The molecule has 29 heavy (non-hydrogen) atoms. The molecular weight excluding hydrogens is 366 g/mol. The maximum Gasteiger partial charge on any atom is 0.213 e. The van der Waals surface area contributed by atoms with Crippen LogP contribution in [-0.4, -0.2) is 44.7 Å². The molecule has 0 saturated carbocycles. The van der Waals surface area contributed by atoms with Crippen molar-refractivity contribution in [3.05, 3.63) is 42.1 Å². The molecule has 0 spiro atoms. The van der Waals surface area contributed by atoms with Crippen LogP contribution in [0.3, 0.4) is 0 Å². The van der Waals surface area contributed by atoms with Crippen molar-refractivity contribution in [2.24, 2.45) is 10.9 Å². The van der Waals surface area contributed by atoms with E-state index in [1.54, 1.807) is 20.4 Å². The van der Waals surface area contributed by atoms with Crippen molar-refractivity contribution in [2.45, 2.75) is 39.2 Å². The standard InChI is InChI=1S/C22H33N5O2/c1-22(2,3)19-13-24-20(29-19)14-26-21(23-4)25-12-16-9-10-27(15-16)17-7-6-8-18(11-17)28-5/h6-8,11,13,16H,9-10,12,14-15H2,1-5H3,(H2,23,25,26). The number of aliphatic imine (C=N–C) groups is 1. The molecule has 0 radical (unpaired) electrons. The third-order valence-corrected chi connectivity index (χ3v) is 5.19. The Morgan fingerprint density at radius 3 is 2.86 bits per heavy atom. The minimum absolute atomic E-state index is 0.0394. The number of nitrogens with one attached hydrogen (secondary N) is 2. The minimum atomic E-state index is -0.0394. The van der Waals surface area contributed by atoms with E-state index < -0.39 is 0 Å². The Bertz CT molecular complexity index is 825. The highest BCUT2D eigenvalue weighted by Gasteiger charge is 2.23. The molecule has 1 aromatic carbocycles. The first-order valence-electron chi connectivity index (χ1n) is 10.2. The third-order valence-electron chi connectivity index (χ3n) is 5.19. The van der Waals surface area contributed by atoms with Gasteiger partial charge in [-0.1, -0.05) is 26.8 Å². The van der Waals surface area contributed by atoms with E-state index >= 15 is 0 Å². The molecule has 1 unspecified atom stereocenters. The molecule has 2 aromatic rings. The molecule has 3 rings (SSSR count). The molecule has 1 aliphatic rings. The van der Waals surface area contributed by atoms with Crippen molar-refractivity contribution in [2.75, 3.05) is 38.7 Å². The second-order valence-electron chi connectivity index (χ2n) is 8.48. The van der Waals surface area contributed by atoms with Crippen LogP contribution < -0.4 is 20.3 Å². The average molecular weight is 400 g/mol. The SMILES string of the molecule is CN=C(NCc1ncc(C(C)(C)C)o1)NCC1CCN(c2cccc(OC)c2)C1. The van der Waals surface area contributed by atoms with Crippen molar-refractivity contribution in [1.82, 2.24) is 15.6 Å². The second-order valence-corrected chi connectivity index (χ2v) is 8.48. The van der Waals surface area contributed by atoms with E-state index in [2.05, 4.69) is 58.4 Å². The van der Waals surface area contributed by atoms with E-state index in [0.717, 1.165) is 43.5 Å². The maximum absolute atomic E-state index is 5.83. The van der Waals surface area contributed by atoms with Gasteiger partial charge in [0.15, 0.2) is 5.96 Å². The van der Waals surface area contributed by atoms with Crippen LogP contribution in [0.5, 0.6) is 5.75 Å². The summed E-state index contributed by atoms with van der Waals surface area (Å²) in [6, 6.07) is 8.26. The first kappa shape index (κ1) is 21.0. The van der Waals surface area contributed by atoms with Gasteiger partial charge in [0, 0.05) is 43.9 Å². The monoisotopic (exact) mass is 399 g/mol. The average Bonchev–Trinajstić information content (AvgIpc) is 3.38. The number of nitrogens with zero attached hydrogens (tertiary/aromatic N) is 3. The van der Waals surface area contributed by atoms with Gasteiger partial charge in [-0.05, 0) is 24.5 Å². The zero-order valence-corrected chi connectivity index (χ0v) is 18.2. The molecule has 158 valence electrons. The van der Waals surface area contributed by atoms with Crippen molar-refractivity contribution in [1.29, 1.82) is 0 Å². The van der Waals surface area contributed by atoms with Crippen LogP contribution in [-0.2, 0) is 12.0 Å². The zero-order chi connectivity index (χ0) is 20.9. The molecule has 1 atom stereocenters. The fourth-order valence-corrected chi connectivity index (χ4v) is 3.40. The number of methoxy groups -OCH3 is 1. The molecule has 1 aromatic heterocycles. The molecule has 1 saturated heterocycles. The zero-order valence-electron chi connectivity index (χ0n) is 18.2. The largest absolute Gasteiger partial charge is 0.497 e. The van der Waals surface area contributed by atoms with Gasteiger partial charge < -0.3 is 24.7 Å². The number of rotatable bonds is 6. The van der Waals surface area contributed by atoms with E-state index in [4.69, 9.17) is 9.15 Å². The highest BCUT2D eigenvalue weighted by Crippen LogP contribution is 2.26. The Morgan fingerprint density at radius 2 is 2.17 bits per heavy atom. The number of oxazole rings is 1. The first-order valence-corrected chi connectivity index (χ1v) is 10.2. The van der Waals surface area contributed by atoms with E-state index in [9.17, 15) is 0 Å². The van der Waals surface area contributed by atoms with E-state index in [1.165, 1.54) is 5.69 Å². The van der Waals surface area contributed by atoms with Crippen LogP contribution >= 0.6 is 0 Å². The van der Waals surface area contributed by atoms with Gasteiger partial charge in [0.05, 0.1) is 19.9 Å². The molecule has 1 fully saturated rings. The van der Waals surface area contributed by atoms with Crippen LogP contribution in [0.15, 0.2) is 39.9 Å². The Balaban J connectivity index is 1.45. The number of benzene rings is 1. The van der Waals surface area contributed by atoms with Crippen molar-refractivity contribution < 1.29 is 9.15 Å². The van der Waals surface area contributed by atoms with Crippen LogP contribution in [0.1, 0.15) is 38.8 Å². The summed E-state index contributed by atoms with van der Waals surface area (Å²) in [5, 5.41) is 6.72. The molecule has 7 heteroatoms. The molecular formula is C22H33N5O2. The van der Waals surface area contributed by atoms with Gasteiger partial charge >= 0.3 is 0 Å². The first-order chi connectivity index (χ1) is 13.9. The van der Waals surface area contributed by atoms with Crippen LogP contribution in [0, 0.1) is 5.92 Å². The summed E-state index contributed by atoms with van der Waals surface area (Å²) < 4.78 is 11.2. The molecule has 2 heterocycles. The van der Waals surface area contributed by atoms with Gasteiger partial charge in [-0.2, -0.15) is 0 Å². The van der Waals surface area contributed by atoms with Gasteiger partial charge in [-0.3, -0.25) is 4.99 Å². The third kappa shape index (κ3) is 5.65. The highest BCUT2D eigenvalue weighted by molar-refractivity contribution is 5.79. The van der Waals surface area contributed by atoms with E-state index in [0.29, 0.717) is 18.4 Å². The lowest BCUT2D eigenvalue weighted by molar-refractivity contribution is 0.379. The smallest absolute Gasteiger partial charge is 0.213 e. The van der Waals surface area contributed by atoms with Crippen molar-refractivity contribution >= 4 is 11.6 Å². The molecule has 0 amide bonds. The number of anilines is 1. The minimum Gasteiger partial charge on any atom is -0.497 e. The van der Waals surface area contributed by atoms with Crippen molar-refractivity contribution in [3.8, 4) is 5.75 Å². The fourth-order valence-electron chi connectivity index (χ4n) is 3.40. The lowest BCUT2D eigenvalue weighted by Gasteiger charge is -2.20. The molecule has 2 N–H and O–H groups in total. The summed E-state index contributed by atoms with van der Waals surface area (Å²) in [5.74, 6) is 3.79. The Morgan fingerprint density at radius 1 is 1.34 bits per heavy atom. The molecule has 0 bridgehead atoms. The second kappa shape index (κ2) is 9.20. The normalized spacial score (nSPS) is 17.5.